The lowest BCUT2D eigenvalue weighted by molar-refractivity contribution is -0.137. The molecule has 1 N–H and O–H groups in total. The van der Waals surface area contributed by atoms with Crippen LogP contribution < -0.4 is 5.32 Å². The molecule has 0 saturated carbocycles. The summed E-state index contributed by atoms with van der Waals surface area (Å²) in [7, 11) is 1.81. The van der Waals surface area contributed by atoms with E-state index in [4.69, 9.17) is 16.3 Å². The topological polar surface area (TPSA) is 21.3 Å². The number of nitrogens with one attached hydrogen (secondary N) is 1. The van der Waals surface area contributed by atoms with Gasteiger partial charge in [-0.15, -0.1) is 0 Å². The van der Waals surface area contributed by atoms with Gasteiger partial charge in [-0.2, -0.15) is 13.2 Å². The Kier molecular flexibility index (Phi) is 6.04. The van der Waals surface area contributed by atoms with Gasteiger partial charge in [0.05, 0.1) is 18.3 Å². The normalized spacial score (nSPS) is 13.1. The average molecular weight is 344 g/mol. The van der Waals surface area contributed by atoms with Crippen LogP contribution in [-0.2, 0) is 17.5 Å². The number of benzene rings is 2. The molecule has 0 aliphatic heterocycles. The molecule has 2 rings (SSSR count). The van der Waals surface area contributed by atoms with Crippen molar-refractivity contribution < 1.29 is 17.9 Å². The maximum absolute atomic E-state index is 12.5. The fraction of sp³-hybridized carbons (Fsp3) is 0.294. The number of rotatable bonds is 6. The van der Waals surface area contributed by atoms with E-state index in [9.17, 15) is 13.2 Å². The summed E-state index contributed by atoms with van der Waals surface area (Å²) in [6.45, 7) is 0.815. The lowest BCUT2D eigenvalue weighted by Crippen LogP contribution is -2.19. The third-order valence-corrected chi connectivity index (χ3v) is 3.62. The first-order valence-electron chi connectivity index (χ1n) is 7.08. The van der Waals surface area contributed by atoms with Crippen molar-refractivity contribution in [2.24, 2.45) is 0 Å². The van der Waals surface area contributed by atoms with E-state index in [-0.39, 0.29) is 12.7 Å². The maximum atomic E-state index is 12.5. The van der Waals surface area contributed by atoms with Crippen molar-refractivity contribution in [2.45, 2.75) is 18.9 Å². The van der Waals surface area contributed by atoms with Gasteiger partial charge in [0, 0.05) is 11.6 Å². The molecule has 0 aliphatic carbocycles. The maximum Gasteiger partial charge on any atom is 0.416 e. The molecule has 0 aromatic heterocycles. The first-order valence-corrected chi connectivity index (χ1v) is 7.46. The molecular weight excluding hydrogens is 327 g/mol. The monoisotopic (exact) mass is 343 g/mol. The van der Waals surface area contributed by atoms with E-state index in [0.29, 0.717) is 17.1 Å². The third kappa shape index (κ3) is 5.23. The van der Waals surface area contributed by atoms with Gasteiger partial charge in [0.1, 0.15) is 0 Å². The number of hydrogen-bond acceptors (Lipinski definition) is 2. The van der Waals surface area contributed by atoms with Gasteiger partial charge in [0.25, 0.3) is 0 Å². The van der Waals surface area contributed by atoms with E-state index >= 15 is 0 Å². The van der Waals surface area contributed by atoms with Crippen LogP contribution in [0.1, 0.15) is 22.8 Å². The summed E-state index contributed by atoms with van der Waals surface area (Å²) in [5.74, 6) is 0. The van der Waals surface area contributed by atoms with Crippen molar-refractivity contribution in [2.75, 3.05) is 13.6 Å². The highest BCUT2D eigenvalue weighted by Crippen LogP contribution is 2.29. The second kappa shape index (κ2) is 7.81. The van der Waals surface area contributed by atoms with Gasteiger partial charge in [-0.05, 0) is 42.4 Å². The molecule has 2 aromatic carbocycles. The highest BCUT2D eigenvalue weighted by atomic mass is 35.5. The highest BCUT2D eigenvalue weighted by molar-refractivity contribution is 6.30. The Labute approximate surface area is 138 Å². The van der Waals surface area contributed by atoms with Crippen LogP contribution in [0.15, 0.2) is 48.5 Å². The van der Waals surface area contributed by atoms with E-state index in [2.05, 4.69) is 5.32 Å². The Morgan fingerprint density at radius 1 is 1.04 bits per heavy atom. The van der Waals surface area contributed by atoms with Gasteiger partial charge >= 0.3 is 6.18 Å². The number of ether oxygens (including phenoxy) is 1. The van der Waals surface area contributed by atoms with Crippen molar-refractivity contribution in [3.63, 3.8) is 0 Å². The molecule has 0 heterocycles. The second-order valence-corrected chi connectivity index (χ2v) is 5.54. The molecule has 6 heteroatoms. The second-order valence-electron chi connectivity index (χ2n) is 5.10. The molecule has 124 valence electrons. The van der Waals surface area contributed by atoms with Crippen molar-refractivity contribution in [1.29, 1.82) is 0 Å². The van der Waals surface area contributed by atoms with Gasteiger partial charge in [-0.25, -0.2) is 0 Å². The molecule has 0 fully saturated rings. The number of alkyl halides is 3. The fourth-order valence-corrected chi connectivity index (χ4v) is 2.25. The zero-order valence-electron chi connectivity index (χ0n) is 12.5. The Morgan fingerprint density at radius 2 is 1.65 bits per heavy atom. The van der Waals surface area contributed by atoms with Crippen LogP contribution in [0.3, 0.4) is 0 Å². The highest BCUT2D eigenvalue weighted by Gasteiger charge is 2.29. The summed E-state index contributed by atoms with van der Waals surface area (Å²) in [5.41, 5.74) is 0.981. The van der Waals surface area contributed by atoms with Crippen molar-refractivity contribution >= 4 is 11.6 Å². The van der Waals surface area contributed by atoms with Gasteiger partial charge in [0.15, 0.2) is 0 Å². The fourth-order valence-electron chi connectivity index (χ4n) is 2.12. The standard InChI is InChI=1S/C17H17ClF3NO/c1-22-10-16(13-4-8-15(18)9-5-13)23-11-12-2-6-14(7-3-12)17(19,20)21/h2-9,16,22H,10-11H2,1H3. The smallest absolute Gasteiger partial charge is 0.368 e. The van der Waals surface area contributed by atoms with Crippen LogP contribution in [0.4, 0.5) is 13.2 Å². The van der Waals surface area contributed by atoms with E-state index in [0.717, 1.165) is 17.7 Å². The van der Waals surface area contributed by atoms with Crippen LogP contribution in [0, 0.1) is 0 Å². The molecule has 0 radical (unpaired) electrons. The molecule has 0 bridgehead atoms. The van der Waals surface area contributed by atoms with Gasteiger partial charge in [0.2, 0.25) is 0 Å². The summed E-state index contributed by atoms with van der Waals surface area (Å²) in [5, 5.41) is 3.68. The van der Waals surface area contributed by atoms with Crippen LogP contribution in [-0.4, -0.2) is 13.6 Å². The molecule has 23 heavy (non-hydrogen) atoms. The van der Waals surface area contributed by atoms with Gasteiger partial charge in [-0.3, -0.25) is 0 Å². The van der Waals surface area contributed by atoms with Crippen LogP contribution in [0.25, 0.3) is 0 Å². The van der Waals surface area contributed by atoms with E-state index in [1.807, 2.05) is 19.2 Å². The van der Waals surface area contributed by atoms with Gasteiger partial charge < -0.3 is 10.1 Å². The van der Waals surface area contributed by atoms with Crippen molar-refractivity contribution in [3.8, 4) is 0 Å². The van der Waals surface area contributed by atoms with E-state index < -0.39 is 11.7 Å². The SMILES string of the molecule is CNCC(OCc1ccc(C(F)(F)F)cc1)c1ccc(Cl)cc1. The zero-order chi connectivity index (χ0) is 16.9. The Bertz CT molecular complexity index is 611. The van der Waals surface area contributed by atoms with E-state index in [1.54, 1.807) is 12.1 Å². The zero-order valence-corrected chi connectivity index (χ0v) is 13.3. The minimum Gasteiger partial charge on any atom is -0.368 e. The van der Waals surface area contributed by atoms with Gasteiger partial charge in [-0.1, -0.05) is 35.9 Å². The predicted octanol–water partition coefficient (Wildman–Crippen LogP) is 4.84. The first kappa shape index (κ1) is 17.8. The summed E-state index contributed by atoms with van der Waals surface area (Å²) in [6, 6.07) is 12.3. The average Bonchev–Trinajstić information content (AvgIpc) is 2.52. The van der Waals surface area contributed by atoms with E-state index in [1.165, 1.54) is 12.1 Å². The minimum atomic E-state index is -4.32. The number of hydrogen-bond donors (Lipinski definition) is 1. The quantitative estimate of drug-likeness (QED) is 0.810. The van der Waals surface area contributed by atoms with Crippen molar-refractivity contribution in [1.82, 2.24) is 5.32 Å². The molecule has 0 amide bonds. The van der Waals surface area contributed by atoms with Crippen LogP contribution >= 0.6 is 11.6 Å². The minimum absolute atomic E-state index is 0.209. The number of likely N-dealkylation sites (N-methyl/N-ethyl adjacent to an activating group) is 1. The molecule has 2 aromatic rings. The molecule has 2 nitrogen and oxygen atoms in total. The molecule has 0 spiro atoms. The van der Waals surface area contributed by atoms with Crippen molar-refractivity contribution in [3.05, 3.63) is 70.2 Å². The molecule has 1 atom stereocenters. The van der Waals surface area contributed by atoms with Crippen LogP contribution in [0.2, 0.25) is 5.02 Å². The largest absolute Gasteiger partial charge is 0.416 e. The number of halogens is 4. The Hall–Kier alpha value is -1.56. The molecule has 1 unspecified atom stereocenters. The Balaban J connectivity index is 2.02. The third-order valence-electron chi connectivity index (χ3n) is 3.36. The molecule has 0 aliphatic rings. The Morgan fingerprint density at radius 3 is 2.17 bits per heavy atom. The first-order chi connectivity index (χ1) is 10.9. The lowest BCUT2D eigenvalue weighted by Gasteiger charge is -2.18. The summed E-state index contributed by atoms with van der Waals surface area (Å²) in [6.07, 6.45) is -4.53. The lowest BCUT2D eigenvalue weighted by atomic mass is 10.1. The summed E-state index contributed by atoms with van der Waals surface area (Å²) in [4.78, 5) is 0. The van der Waals surface area contributed by atoms with Crippen LogP contribution in [0.5, 0.6) is 0 Å². The summed E-state index contributed by atoms with van der Waals surface area (Å²) >= 11 is 5.87. The molecular formula is C17H17ClF3NO. The predicted molar refractivity (Wildman–Crippen MR) is 84.4 cm³/mol. The summed E-state index contributed by atoms with van der Waals surface area (Å²) < 4.78 is 43.4. The molecule has 0 saturated heterocycles.